The van der Waals surface area contributed by atoms with Gasteiger partial charge in [-0.15, -0.1) is 5.10 Å². The average molecular weight is 206 g/mol. The first-order valence-electron chi connectivity index (χ1n) is 4.20. The Morgan fingerprint density at radius 1 is 1.33 bits per heavy atom. The fourth-order valence-electron chi connectivity index (χ4n) is 1.06. The molecule has 0 fully saturated rings. The van der Waals surface area contributed by atoms with Gasteiger partial charge in [0.25, 0.3) is 11.9 Å². The fraction of sp³-hybridized carbons (Fsp3) is 0. The number of benzene rings is 1. The molecular formula is C9H7FN4O. The lowest BCUT2D eigenvalue weighted by Crippen LogP contribution is -2.12. The van der Waals surface area contributed by atoms with Gasteiger partial charge in [-0.3, -0.25) is 10.1 Å². The SMILES string of the molecule is O=C(Nc1n[nH]c(F)n1)c1ccccc1. The normalized spacial score (nSPS) is 9.93. The first kappa shape index (κ1) is 9.32. The molecule has 0 atom stereocenters. The number of aromatic amines is 1. The highest BCUT2D eigenvalue weighted by molar-refractivity contribution is 6.03. The van der Waals surface area contributed by atoms with Crippen LogP contribution in [0.2, 0.25) is 0 Å². The van der Waals surface area contributed by atoms with E-state index in [4.69, 9.17) is 0 Å². The second kappa shape index (κ2) is 3.87. The fourth-order valence-corrected chi connectivity index (χ4v) is 1.06. The smallest absolute Gasteiger partial charge is 0.289 e. The quantitative estimate of drug-likeness (QED) is 0.775. The minimum absolute atomic E-state index is 0.0821. The van der Waals surface area contributed by atoms with E-state index in [1.807, 2.05) is 5.10 Å². The maximum Gasteiger partial charge on any atom is 0.306 e. The Kier molecular flexibility index (Phi) is 2.40. The molecule has 0 spiro atoms. The molecule has 1 aromatic heterocycles. The number of amides is 1. The highest BCUT2D eigenvalue weighted by Gasteiger charge is 2.08. The zero-order valence-electron chi connectivity index (χ0n) is 7.57. The molecule has 0 aliphatic carbocycles. The van der Waals surface area contributed by atoms with Crippen LogP contribution >= 0.6 is 0 Å². The van der Waals surface area contributed by atoms with Crippen LogP contribution in [0.15, 0.2) is 30.3 Å². The van der Waals surface area contributed by atoms with E-state index in [1.165, 1.54) is 0 Å². The molecule has 0 bridgehead atoms. The molecule has 76 valence electrons. The lowest BCUT2D eigenvalue weighted by atomic mass is 10.2. The molecule has 5 nitrogen and oxygen atoms in total. The average Bonchev–Trinajstić information content (AvgIpc) is 2.65. The van der Waals surface area contributed by atoms with Crippen LogP contribution in [0.4, 0.5) is 10.3 Å². The van der Waals surface area contributed by atoms with E-state index in [2.05, 4.69) is 15.4 Å². The molecule has 1 amide bonds. The molecule has 0 saturated carbocycles. The molecule has 2 aromatic rings. The Hall–Kier alpha value is -2.24. The minimum atomic E-state index is -0.835. The van der Waals surface area contributed by atoms with Gasteiger partial charge in [-0.1, -0.05) is 18.2 Å². The summed E-state index contributed by atoms with van der Waals surface area (Å²) in [6.07, 6.45) is -0.835. The molecule has 0 radical (unpaired) electrons. The summed E-state index contributed by atoms with van der Waals surface area (Å²) < 4.78 is 12.4. The molecule has 0 unspecified atom stereocenters. The van der Waals surface area contributed by atoms with Gasteiger partial charge in [0.2, 0.25) is 0 Å². The van der Waals surface area contributed by atoms with Crippen molar-refractivity contribution in [3.63, 3.8) is 0 Å². The van der Waals surface area contributed by atoms with Crippen LogP contribution in [-0.2, 0) is 0 Å². The Balaban J connectivity index is 2.11. The molecule has 2 rings (SSSR count). The van der Waals surface area contributed by atoms with Gasteiger partial charge in [0, 0.05) is 5.56 Å². The van der Waals surface area contributed by atoms with E-state index in [0.717, 1.165) is 0 Å². The Morgan fingerprint density at radius 2 is 2.07 bits per heavy atom. The molecule has 0 saturated heterocycles. The van der Waals surface area contributed by atoms with Gasteiger partial charge in [0.1, 0.15) is 0 Å². The van der Waals surface area contributed by atoms with E-state index in [-0.39, 0.29) is 11.9 Å². The zero-order chi connectivity index (χ0) is 10.7. The second-order valence-electron chi connectivity index (χ2n) is 2.77. The predicted octanol–water partition coefficient (Wildman–Crippen LogP) is 1.20. The number of nitrogens with zero attached hydrogens (tertiary/aromatic N) is 2. The maximum absolute atomic E-state index is 12.4. The highest BCUT2D eigenvalue weighted by atomic mass is 19.1. The van der Waals surface area contributed by atoms with Crippen molar-refractivity contribution >= 4 is 11.9 Å². The van der Waals surface area contributed by atoms with E-state index in [1.54, 1.807) is 30.3 Å². The van der Waals surface area contributed by atoms with Crippen molar-refractivity contribution in [3.05, 3.63) is 42.0 Å². The van der Waals surface area contributed by atoms with Gasteiger partial charge >= 0.3 is 6.08 Å². The zero-order valence-corrected chi connectivity index (χ0v) is 7.57. The third-order valence-corrected chi connectivity index (χ3v) is 1.72. The number of carbonyl (C=O) groups is 1. The van der Waals surface area contributed by atoms with E-state index in [0.29, 0.717) is 5.56 Å². The Bertz CT molecular complexity index is 468. The molecule has 15 heavy (non-hydrogen) atoms. The van der Waals surface area contributed by atoms with E-state index < -0.39 is 6.08 Å². The number of carbonyl (C=O) groups excluding carboxylic acids is 1. The van der Waals surface area contributed by atoms with E-state index in [9.17, 15) is 9.18 Å². The summed E-state index contributed by atoms with van der Waals surface area (Å²) in [5, 5.41) is 7.77. The Labute approximate surface area is 84.3 Å². The number of nitrogens with one attached hydrogen (secondary N) is 2. The van der Waals surface area contributed by atoms with Gasteiger partial charge in [0.15, 0.2) is 0 Å². The summed E-state index contributed by atoms with van der Waals surface area (Å²) in [5.41, 5.74) is 0.461. The van der Waals surface area contributed by atoms with Crippen LogP contribution in [0, 0.1) is 6.08 Å². The molecular weight excluding hydrogens is 199 g/mol. The molecule has 1 aromatic carbocycles. The standard InChI is InChI=1S/C9H7FN4O/c10-8-12-9(14-13-8)11-7(15)6-4-2-1-3-5-6/h1-5H,(H2,11,12,13,14,15). The van der Waals surface area contributed by atoms with Crippen LogP contribution in [0.25, 0.3) is 0 Å². The number of rotatable bonds is 2. The lowest BCUT2D eigenvalue weighted by Gasteiger charge is -1.99. The summed E-state index contributed by atoms with van der Waals surface area (Å²) in [7, 11) is 0. The monoisotopic (exact) mass is 206 g/mol. The number of anilines is 1. The van der Waals surface area contributed by atoms with Gasteiger partial charge in [-0.2, -0.15) is 9.37 Å². The van der Waals surface area contributed by atoms with Crippen LogP contribution in [-0.4, -0.2) is 21.1 Å². The second-order valence-corrected chi connectivity index (χ2v) is 2.77. The van der Waals surface area contributed by atoms with Gasteiger partial charge in [-0.25, -0.2) is 5.10 Å². The largest absolute Gasteiger partial charge is 0.306 e. The summed E-state index contributed by atoms with van der Waals surface area (Å²) >= 11 is 0. The number of aromatic nitrogens is 3. The van der Waals surface area contributed by atoms with Crippen molar-refractivity contribution in [2.45, 2.75) is 0 Å². The third-order valence-electron chi connectivity index (χ3n) is 1.72. The third kappa shape index (κ3) is 2.16. The van der Waals surface area contributed by atoms with Crippen molar-refractivity contribution in [3.8, 4) is 0 Å². The first-order chi connectivity index (χ1) is 7.25. The molecule has 0 aliphatic rings. The molecule has 6 heteroatoms. The minimum Gasteiger partial charge on any atom is -0.289 e. The first-order valence-corrected chi connectivity index (χ1v) is 4.20. The predicted molar refractivity (Wildman–Crippen MR) is 50.7 cm³/mol. The number of H-pyrrole nitrogens is 1. The summed E-state index contributed by atoms with van der Waals surface area (Å²) in [5.74, 6) is -0.462. The molecule has 2 N–H and O–H groups in total. The number of hydrogen-bond acceptors (Lipinski definition) is 3. The highest BCUT2D eigenvalue weighted by Crippen LogP contribution is 2.03. The van der Waals surface area contributed by atoms with Crippen LogP contribution in [0.3, 0.4) is 0 Å². The molecule has 0 aliphatic heterocycles. The van der Waals surface area contributed by atoms with Crippen molar-refractivity contribution in [2.24, 2.45) is 0 Å². The van der Waals surface area contributed by atoms with E-state index >= 15 is 0 Å². The molecule has 1 heterocycles. The van der Waals surface area contributed by atoms with Gasteiger partial charge < -0.3 is 0 Å². The summed E-state index contributed by atoms with van der Waals surface area (Å²) in [6.45, 7) is 0. The van der Waals surface area contributed by atoms with Crippen LogP contribution in [0.1, 0.15) is 10.4 Å². The van der Waals surface area contributed by atoms with Crippen molar-refractivity contribution in [1.29, 1.82) is 0 Å². The topological polar surface area (TPSA) is 70.7 Å². The maximum atomic E-state index is 12.4. The Morgan fingerprint density at radius 3 is 2.67 bits per heavy atom. The number of halogens is 1. The van der Waals surface area contributed by atoms with Crippen LogP contribution < -0.4 is 5.32 Å². The lowest BCUT2D eigenvalue weighted by molar-refractivity contribution is 0.102. The summed E-state index contributed by atoms with van der Waals surface area (Å²) in [4.78, 5) is 14.8. The number of hydrogen-bond donors (Lipinski definition) is 2. The van der Waals surface area contributed by atoms with Crippen molar-refractivity contribution in [2.75, 3.05) is 5.32 Å². The van der Waals surface area contributed by atoms with Gasteiger partial charge in [0.05, 0.1) is 0 Å². The van der Waals surface area contributed by atoms with Crippen molar-refractivity contribution in [1.82, 2.24) is 15.2 Å². The van der Waals surface area contributed by atoms with Gasteiger partial charge in [-0.05, 0) is 12.1 Å². The van der Waals surface area contributed by atoms with Crippen molar-refractivity contribution < 1.29 is 9.18 Å². The van der Waals surface area contributed by atoms with Crippen LogP contribution in [0.5, 0.6) is 0 Å². The summed E-state index contributed by atoms with van der Waals surface area (Å²) in [6, 6.07) is 8.53.